The largest absolute Gasteiger partial charge is 0.375 e. The van der Waals surface area contributed by atoms with E-state index in [-0.39, 0.29) is 30.8 Å². The summed E-state index contributed by atoms with van der Waals surface area (Å²) >= 11 is 0. The van der Waals surface area contributed by atoms with Crippen LogP contribution in [-0.2, 0) is 34.0 Å². The monoisotopic (exact) mass is 458 g/mol. The Bertz CT molecular complexity index is 1030. The number of rotatable bonds is 12. The molecule has 1 heterocycles. The van der Waals surface area contributed by atoms with Gasteiger partial charge >= 0.3 is 0 Å². The molecule has 0 aliphatic carbocycles. The summed E-state index contributed by atoms with van der Waals surface area (Å²) < 4.78 is 18.8. The molecule has 4 atom stereocenters. The van der Waals surface area contributed by atoms with Crippen molar-refractivity contribution in [3.63, 3.8) is 0 Å². The summed E-state index contributed by atoms with van der Waals surface area (Å²) in [4.78, 5) is 2.95. The van der Waals surface area contributed by atoms with E-state index in [2.05, 4.69) is 15.3 Å². The molecular formula is C27H30N4O3. The van der Waals surface area contributed by atoms with E-state index in [9.17, 15) is 0 Å². The highest BCUT2D eigenvalue weighted by Crippen LogP contribution is 2.25. The van der Waals surface area contributed by atoms with Crippen LogP contribution in [0.1, 0.15) is 16.7 Å². The van der Waals surface area contributed by atoms with E-state index in [1.807, 2.05) is 91.0 Å². The molecule has 0 radical (unpaired) electrons. The van der Waals surface area contributed by atoms with E-state index in [4.69, 9.17) is 19.7 Å². The first-order valence-electron chi connectivity index (χ1n) is 11.5. The van der Waals surface area contributed by atoms with Crippen LogP contribution in [0, 0.1) is 0 Å². The van der Waals surface area contributed by atoms with Gasteiger partial charge in [-0.1, -0.05) is 96.1 Å². The maximum Gasteiger partial charge on any atom is 0.103 e. The highest BCUT2D eigenvalue weighted by Gasteiger charge is 2.44. The van der Waals surface area contributed by atoms with E-state index in [1.54, 1.807) is 0 Å². The molecule has 3 aromatic rings. The number of azide groups is 1. The van der Waals surface area contributed by atoms with Crippen molar-refractivity contribution in [3.05, 3.63) is 118 Å². The lowest BCUT2D eigenvalue weighted by Gasteiger charge is -2.26. The van der Waals surface area contributed by atoms with Gasteiger partial charge in [-0.25, -0.2) is 0 Å². The number of benzene rings is 3. The van der Waals surface area contributed by atoms with Gasteiger partial charge in [0.25, 0.3) is 0 Å². The second kappa shape index (κ2) is 12.9. The minimum absolute atomic E-state index is 0.105. The number of nitrogens with zero attached hydrogens (tertiary/aromatic N) is 3. The second-order valence-corrected chi connectivity index (χ2v) is 8.32. The molecule has 1 aliphatic heterocycles. The fourth-order valence-corrected chi connectivity index (χ4v) is 4.18. The van der Waals surface area contributed by atoms with Gasteiger partial charge in [-0.05, 0) is 22.2 Å². The number of nitrogens with one attached hydrogen (secondary N) is 1. The van der Waals surface area contributed by atoms with Gasteiger partial charge in [0.2, 0.25) is 0 Å². The highest BCUT2D eigenvalue weighted by molar-refractivity contribution is 5.16. The quantitative estimate of drug-likeness (QED) is 0.234. The van der Waals surface area contributed by atoms with Crippen molar-refractivity contribution >= 4 is 0 Å². The second-order valence-electron chi connectivity index (χ2n) is 8.32. The van der Waals surface area contributed by atoms with Crippen molar-refractivity contribution in [1.82, 2.24) is 5.32 Å². The zero-order chi connectivity index (χ0) is 23.4. The molecule has 4 rings (SSSR count). The molecule has 34 heavy (non-hydrogen) atoms. The van der Waals surface area contributed by atoms with Gasteiger partial charge in [0.05, 0.1) is 32.5 Å². The first-order valence-corrected chi connectivity index (χ1v) is 11.5. The Morgan fingerprint density at radius 2 is 1.15 bits per heavy atom. The fraction of sp³-hybridized carbons (Fsp3) is 0.333. The van der Waals surface area contributed by atoms with E-state index in [0.29, 0.717) is 26.4 Å². The van der Waals surface area contributed by atoms with Crippen LogP contribution in [0.15, 0.2) is 96.1 Å². The predicted molar refractivity (Wildman–Crippen MR) is 131 cm³/mol. The van der Waals surface area contributed by atoms with Crippen LogP contribution < -0.4 is 5.32 Å². The lowest BCUT2D eigenvalue weighted by atomic mass is 10.1. The number of ether oxygens (including phenoxy) is 3. The summed E-state index contributed by atoms with van der Waals surface area (Å²) in [6.07, 6.45) is -0.557. The number of hydrogen-bond acceptors (Lipinski definition) is 5. The zero-order valence-corrected chi connectivity index (χ0v) is 19.1. The molecular weight excluding hydrogens is 428 g/mol. The molecule has 1 fully saturated rings. The van der Waals surface area contributed by atoms with Gasteiger partial charge in [0.15, 0.2) is 0 Å². The summed E-state index contributed by atoms with van der Waals surface area (Å²) in [7, 11) is 0. The Balaban J connectivity index is 1.47. The Morgan fingerprint density at radius 3 is 1.65 bits per heavy atom. The Kier molecular flexibility index (Phi) is 9.08. The molecule has 7 heteroatoms. The summed E-state index contributed by atoms with van der Waals surface area (Å²) in [6, 6.07) is 29.9. The Morgan fingerprint density at radius 1 is 0.676 bits per heavy atom. The zero-order valence-electron chi connectivity index (χ0n) is 19.1. The molecule has 176 valence electrons. The lowest BCUT2D eigenvalue weighted by Crippen LogP contribution is -2.40. The Hall–Kier alpha value is -3.19. The maximum absolute atomic E-state index is 8.91. The third-order valence-electron chi connectivity index (χ3n) is 5.87. The van der Waals surface area contributed by atoms with Gasteiger partial charge in [-0.2, -0.15) is 0 Å². The van der Waals surface area contributed by atoms with Crippen LogP contribution in [0.5, 0.6) is 0 Å². The molecule has 0 saturated carbocycles. The average molecular weight is 459 g/mol. The van der Waals surface area contributed by atoms with Crippen LogP contribution in [0.2, 0.25) is 0 Å². The minimum Gasteiger partial charge on any atom is -0.375 e. The van der Waals surface area contributed by atoms with Crippen molar-refractivity contribution < 1.29 is 14.2 Å². The standard InChI is InChI=1S/C27H30N4O3/c28-31-29-16-24-26(33-18-22-12-6-2-7-13-22)27(34-19-23-14-8-3-9-15-23)25(30-24)20-32-17-21-10-4-1-5-11-21/h1-15,24-27,30H,16-20H2/t24-,25-,26-,27-/m1/s1. The van der Waals surface area contributed by atoms with Crippen LogP contribution in [0.4, 0.5) is 0 Å². The summed E-state index contributed by atoms with van der Waals surface area (Å²) in [5, 5.41) is 7.36. The molecule has 0 aromatic heterocycles. The molecule has 0 spiro atoms. The first-order chi connectivity index (χ1) is 16.8. The van der Waals surface area contributed by atoms with Crippen molar-refractivity contribution in [3.8, 4) is 0 Å². The fourth-order valence-electron chi connectivity index (χ4n) is 4.18. The van der Waals surface area contributed by atoms with Crippen molar-refractivity contribution in [2.45, 2.75) is 44.1 Å². The van der Waals surface area contributed by atoms with E-state index < -0.39 is 0 Å². The minimum atomic E-state index is -0.292. The topological polar surface area (TPSA) is 88.5 Å². The summed E-state index contributed by atoms with van der Waals surface area (Å²) in [5.41, 5.74) is 12.2. The van der Waals surface area contributed by atoms with Gasteiger partial charge < -0.3 is 19.5 Å². The van der Waals surface area contributed by atoms with Gasteiger partial charge in [0.1, 0.15) is 12.2 Å². The van der Waals surface area contributed by atoms with Crippen molar-refractivity contribution in [2.75, 3.05) is 13.2 Å². The van der Waals surface area contributed by atoms with E-state index in [0.717, 1.165) is 16.7 Å². The molecule has 0 amide bonds. The molecule has 0 unspecified atom stereocenters. The molecule has 1 N–H and O–H groups in total. The predicted octanol–water partition coefficient (Wildman–Crippen LogP) is 5.02. The van der Waals surface area contributed by atoms with Gasteiger partial charge in [-0.15, -0.1) is 0 Å². The molecule has 0 bridgehead atoms. The highest BCUT2D eigenvalue weighted by atomic mass is 16.5. The van der Waals surface area contributed by atoms with Crippen LogP contribution >= 0.6 is 0 Å². The lowest BCUT2D eigenvalue weighted by molar-refractivity contribution is -0.0851. The summed E-state index contributed by atoms with van der Waals surface area (Å²) in [5.74, 6) is 0. The molecule has 1 saturated heterocycles. The van der Waals surface area contributed by atoms with Gasteiger partial charge in [0, 0.05) is 17.5 Å². The van der Waals surface area contributed by atoms with Crippen molar-refractivity contribution in [2.24, 2.45) is 5.11 Å². The molecule has 1 aliphatic rings. The normalized spacial score (nSPS) is 21.8. The third kappa shape index (κ3) is 6.90. The summed E-state index contributed by atoms with van der Waals surface area (Å²) in [6.45, 7) is 2.15. The SMILES string of the molecule is [N-]=[N+]=NC[C@H]1N[C@H](COCc2ccccc2)[C@@H](OCc2ccccc2)[C@@H]1OCc1ccccc1. The van der Waals surface area contributed by atoms with E-state index in [1.165, 1.54) is 0 Å². The van der Waals surface area contributed by atoms with Crippen LogP contribution in [0.25, 0.3) is 10.4 Å². The van der Waals surface area contributed by atoms with Crippen LogP contribution in [0.3, 0.4) is 0 Å². The maximum atomic E-state index is 8.91. The third-order valence-corrected chi connectivity index (χ3v) is 5.87. The van der Waals surface area contributed by atoms with E-state index >= 15 is 0 Å². The Labute approximate surface area is 200 Å². The smallest absolute Gasteiger partial charge is 0.103 e. The number of hydrogen-bond donors (Lipinski definition) is 1. The molecule has 7 nitrogen and oxygen atoms in total. The average Bonchev–Trinajstić information content (AvgIpc) is 3.22. The molecule has 3 aromatic carbocycles. The van der Waals surface area contributed by atoms with Crippen molar-refractivity contribution in [1.29, 1.82) is 0 Å². The van der Waals surface area contributed by atoms with Gasteiger partial charge in [-0.3, -0.25) is 0 Å². The van der Waals surface area contributed by atoms with Crippen LogP contribution in [-0.4, -0.2) is 37.4 Å². The first kappa shape index (κ1) is 24.0.